The number of furan rings is 1. The van der Waals surface area contributed by atoms with Crippen molar-refractivity contribution in [3.63, 3.8) is 0 Å². The normalized spacial score (nSPS) is 16.2. The number of hydrogen-bond donors (Lipinski definition) is 2. The first-order chi connectivity index (χ1) is 9.54. The summed E-state index contributed by atoms with van der Waals surface area (Å²) in [5.41, 5.74) is 2.90. The first-order valence-corrected chi connectivity index (χ1v) is 6.83. The Morgan fingerprint density at radius 3 is 2.75 bits per heavy atom. The maximum absolute atomic E-state index is 13.2. The molecule has 0 radical (unpaired) electrons. The number of rotatable bonds is 6. The Balaban J connectivity index is 2.43. The van der Waals surface area contributed by atoms with Crippen molar-refractivity contribution in [2.45, 2.75) is 38.8 Å². The molecule has 1 aromatic heterocycles. The van der Waals surface area contributed by atoms with Crippen LogP contribution in [0.3, 0.4) is 0 Å². The molecule has 5 heteroatoms. The van der Waals surface area contributed by atoms with E-state index in [0.29, 0.717) is 18.0 Å². The lowest BCUT2D eigenvalue weighted by molar-refractivity contribution is -0.0606. The molecule has 3 N–H and O–H groups in total. The van der Waals surface area contributed by atoms with Crippen LogP contribution in [0.4, 0.5) is 4.39 Å². The number of halogens is 1. The monoisotopic (exact) mass is 280 g/mol. The highest BCUT2D eigenvalue weighted by atomic mass is 19.1. The molecule has 0 aliphatic carbocycles. The highest BCUT2D eigenvalue weighted by Crippen LogP contribution is 2.34. The van der Waals surface area contributed by atoms with Crippen molar-refractivity contribution in [1.82, 2.24) is 5.43 Å². The molecule has 20 heavy (non-hydrogen) atoms. The van der Waals surface area contributed by atoms with E-state index in [2.05, 4.69) is 5.43 Å². The average molecular weight is 280 g/mol. The zero-order chi connectivity index (χ0) is 14.8. The molecule has 0 amide bonds. The fourth-order valence-electron chi connectivity index (χ4n) is 2.46. The number of nitrogens with one attached hydrogen (secondary N) is 1. The lowest BCUT2D eigenvalue weighted by Gasteiger charge is -2.35. The molecule has 0 saturated carbocycles. The SMILES string of the molecule is CCOC(C)(CC)C(NN)c1cc2cc(F)ccc2o1. The van der Waals surface area contributed by atoms with E-state index in [1.165, 1.54) is 12.1 Å². The molecular weight excluding hydrogens is 259 g/mol. The van der Waals surface area contributed by atoms with E-state index in [4.69, 9.17) is 15.0 Å². The van der Waals surface area contributed by atoms with Crippen molar-refractivity contribution >= 4 is 11.0 Å². The highest BCUT2D eigenvalue weighted by molar-refractivity contribution is 5.78. The average Bonchev–Trinajstić information content (AvgIpc) is 2.82. The minimum Gasteiger partial charge on any atom is -0.459 e. The molecule has 0 saturated heterocycles. The van der Waals surface area contributed by atoms with Crippen LogP contribution < -0.4 is 11.3 Å². The second kappa shape index (κ2) is 5.91. The van der Waals surface area contributed by atoms with E-state index in [-0.39, 0.29) is 11.9 Å². The number of ether oxygens (including phenoxy) is 1. The van der Waals surface area contributed by atoms with Crippen molar-refractivity contribution in [3.05, 3.63) is 35.8 Å². The van der Waals surface area contributed by atoms with Crippen LogP contribution >= 0.6 is 0 Å². The van der Waals surface area contributed by atoms with Gasteiger partial charge in [0.15, 0.2) is 0 Å². The predicted molar refractivity (Wildman–Crippen MR) is 76.6 cm³/mol. The van der Waals surface area contributed by atoms with Crippen molar-refractivity contribution in [2.24, 2.45) is 5.84 Å². The number of hydrazine groups is 1. The van der Waals surface area contributed by atoms with Crippen molar-refractivity contribution in [3.8, 4) is 0 Å². The Hall–Kier alpha value is -1.43. The predicted octanol–water partition coefficient (Wildman–Crippen LogP) is 3.28. The summed E-state index contributed by atoms with van der Waals surface area (Å²) in [6, 6.07) is 5.94. The summed E-state index contributed by atoms with van der Waals surface area (Å²) < 4.78 is 24.9. The van der Waals surface area contributed by atoms with E-state index in [1.54, 1.807) is 12.1 Å². The van der Waals surface area contributed by atoms with Gasteiger partial charge in [0.25, 0.3) is 0 Å². The number of hydrogen-bond acceptors (Lipinski definition) is 4. The van der Waals surface area contributed by atoms with Gasteiger partial charge < -0.3 is 9.15 Å². The molecular formula is C15H21FN2O2. The third-order valence-electron chi connectivity index (χ3n) is 3.74. The molecule has 2 aromatic rings. The molecule has 2 rings (SSSR count). The second-order valence-corrected chi connectivity index (χ2v) is 5.03. The van der Waals surface area contributed by atoms with Crippen molar-refractivity contribution in [1.29, 1.82) is 0 Å². The smallest absolute Gasteiger partial charge is 0.134 e. The summed E-state index contributed by atoms with van der Waals surface area (Å²) in [6.07, 6.45) is 0.765. The van der Waals surface area contributed by atoms with Gasteiger partial charge in [0, 0.05) is 12.0 Å². The van der Waals surface area contributed by atoms with Crippen molar-refractivity contribution in [2.75, 3.05) is 6.61 Å². The molecule has 0 bridgehead atoms. The molecule has 1 heterocycles. The van der Waals surface area contributed by atoms with Gasteiger partial charge in [0.2, 0.25) is 0 Å². The van der Waals surface area contributed by atoms with Crippen LogP contribution in [0.1, 0.15) is 39.0 Å². The van der Waals surface area contributed by atoms with Gasteiger partial charge in [-0.05, 0) is 44.5 Å². The van der Waals surface area contributed by atoms with Crippen LogP contribution in [0.25, 0.3) is 11.0 Å². The fraction of sp³-hybridized carbons (Fsp3) is 0.467. The quantitative estimate of drug-likeness (QED) is 0.629. The van der Waals surface area contributed by atoms with Crippen LogP contribution in [0.2, 0.25) is 0 Å². The Labute approximate surface area is 118 Å². The molecule has 4 nitrogen and oxygen atoms in total. The zero-order valence-corrected chi connectivity index (χ0v) is 12.1. The van der Waals surface area contributed by atoms with E-state index >= 15 is 0 Å². The standard InChI is InChI=1S/C15H21FN2O2/c1-4-15(3,19-5-2)14(18-17)13-9-10-8-11(16)6-7-12(10)20-13/h6-9,14,18H,4-5,17H2,1-3H3. The lowest BCUT2D eigenvalue weighted by Crippen LogP contribution is -2.46. The summed E-state index contributed by atoms with van der Waals surface area (Å²) in [5, 5.41) is 0.718. The van der Waals surface area contributed by atoms with Crippen LogP contribution in [0.15, 0.2) is 28.7 Å². The van der Waals surface area contributed by atoms with Crippen LogP contribution in [0.5, 0.6) is 0 Å². The summed E-state index contributed by atoms with van der Waals surface area (Å²) in [4.78, 5) is 0. The Bertz CT molecular complexity index is 584. The van der Waals surface area contributed by atoms with E-state index in [1.807, 2.05) is 20.8 Å². The third-order valence-corrected chi connectivity index (χ3v) is 3.74. The summed E-state index contributed by atoms with van der Waals surface area (Å²) >= 11 is 0. The van der Waals surface area contributed by atoms with Gasteiger partial charge >= 0.3 is 0 Å². The minimum atomic E-state index is -0.490. The molecule has 0 spiro atoms. The first-order valence-electron chi connectivity index (χ1n) is 6.83. The highest BCUT2D eigenvalue weighted by Gasteiger charge is 2.36. The zero-order valence-electron chi connectivity index (χ0n) is 12.1. The largest absolute Gasteiger partial charge is 0.459 e. The number of fused-ring (bicyclic) bond motifs is 1. The summed E-state index contributed by atoms with van der Waals surface area (Å²) in [7, 11) is 0. The molecule has 0 aliphatic heterocycles. The maximum Gasteiger partial charge on any atom is 0.134 e. The molecule has 110 valence electrons. The lowest BCUT2D eigenvalue weighted by atomic mass is 9.91. The van der Waals surface area contributed by atoms with Crippen molar-refractivity contribution < 1.29 is 13.5 Å². The van der Waals surface area contributed by atoms with E-state index in [9.17, 15) is 4.39 Å². The van der Waals surface area contributed by atoms with Gasteiger partial charge in [-0.3, -0.25) is 5.84 Å². The molecule has 1 aromatic carbocycles. The van der Waals surface area contributed by atoms with Gasteiger partial charge in [0.1, 0.15) is 23.2 Å². The van der Waals surface area contributed by atoms with Gasteiger partial charge in [-0.2, -0.15) is 0 Å². The Kier molecular flexibility index (Phi) is 4.42. The summed E-state index contributed by atoms with van der Waals surface area (Å²) in [5.74, 6) is 6.04. The van der Waals surface area contributed by atoms with Gasteiger partial charge in [0.05, 0.1) is 5.60 Å². The summed E-state index contributed by atoms with van der Waals surface area (Å²) in [6.45, 7) is 6.53. The second-order valence-electron chi connectivity index (χ2n) is 5.03. The van der Waals surface area contributed by atoms with Crippen LogP contribution in [0, 0.1) is 5.82 Å². The first kappa shape index (κ1) is 15.0. The number of nitrogens with two attached hydrogens (primary N) is 1. The van der Waals surface area contributed by atoms with Gasteiger partial charge in [-0.1, -0.05) is 6.92 Å². The molecule has 0 fully saturated rings. The van der Waals surface area contributed by atoms with E-state index in [0.717, 1.165) is 11.8 Å². The topological polar surface area (TPSA) is 60.4 Å². The van der Waals surface area contributed by atoms with Crippen LogP contribution in [-0.2, 0) is 4.74 Å². The van der Waals surface area contributed by atoms with Gasteiger partial charge in [-0.15, -0.1) is 0 Å². The molecule has 2 unspecified atom stereocenters. The Morgan fingerprint density at radius 1 is 1.40 bits per heavy atom. The molecule has 2 atom stereocenters. The third kappa shape index (κ3) is 2.70. The fourth-order valence-corrected chi connectivity index (χ4v) is 2.46. The maximum atomic E-state index is 13.2. The van der Waals surface area contributed by atoms with Gasteiger partial charge in [-0.25, -0.2) is 9.82 Å². The number of benzene rings is 1. The van der Waals surface area contributed by atoms with Crippen LogP contribution in [-0.4, -0.2) is 12.2 Å². The minimum absolute atomic E-state index is 0.287. The Morgan fingerprint density at radius 2 is 2.15 bits per heavy atom. The molecule has 0 aliphatic rings. The van der Waals surface area contributed by atoms with E-state index < -0.39 is 5.60 Å².